The Bertz CT molecular complexity index is 841. The standard InChI is InChI=1S/C25H35FO3S2/c1-6-13-31-24(30-5)12-10-19-20-8-7-17-14-18(28)9-11-22(17,3)25(20,26)21(29-16(2)27)15-23(19,24)4/h9,11,14,19-21H,6-8,10,12-13,15H2,1-5H3/t19-,20-,21-,22-,23-,24+,25-/m0/s1. The van der Waals surface area contributed by atoms with Crippen LogP contribution in [0.4, 0.5) is 4.39 Å². The first-order valence-corrected chi connectivity index (χ1v) is 13.8. The number of ketones is 1. The highest BCUT2D eigenvalue weighted by atomic mass is 32.2. The molecular formula is C25H35FO3S2. The molecule has 0 aromatic carbocycles. The Morgan fingerprint density at radius 3 is 2.68 bits per heavy atom. The molecule has 0 amide bonds. The average molecular weight is 467 g/mol. The number of hydrogen-bond donors (Lipinski definition) is 0. The molecule has 0 aromatic rings. The molecule has 3 fully saturated rings. The zero-order valence-electron chi connectivity index (χ0n) is 19.3. The summed E-state index contributed by atoms with van der Waals surface area (Å²) in [6.45, 7) is 7.83. The van der Waals surface area contributed by atoms with Crippen LogP contribution in [0.1, 0.15) is 66.2 Å². The Hall–Kier alpha value is -0.750. The van der Waals surface area contributed by atoms with Gasteiger partial charge in [-0.3, -0.25) is 9.59 Å². The number of fused-ring (bicyclic) bond motifs is 5. The van der Waals surface area contributed by atoms with Gasteiger partial charge in [-0.15, -0.1) is 23.5 Å². The molecule has 4 rings (SSSR count). The predicted molar refractivity (Wildman–Crippen MR) is 127 cm³/mol. The van der Waals surface area contributed by atoms with E-state index in [-0.39, 0.29) is 27.1 Å². The Kier molecular flexibility index (Phi) is 5.99. The number of carbonyl (C=O) groups is 2. The van der Waals surface area contributed by atoms with Crippen molar-refractivity contribution in [3.63, 3.8) is 0 Å². The maximum atomic E-state index is 17.6. The number of carbonyl (C=O) groups excluding carboxylic acids is 2. The number of rotatable bonds is 5. The van der Waals surface area contributed by atoms with Gasteiger partial charge in [-0.05, 0) is 80.9 Å². The van der Waals surface area contributed by atoms with Crippen LogP contribution in [0.25, 0.3) is 0 Å². The van der Waals surface area contributed by atoms with Crippen LogP contribution in [-0.2, 0) is 14.3 Å². The Morgan fingerprint density at radius 2 is 2.03 bits per heavy atom. The van der Waals surface area contributed by atoms with E-state index < -0.39 is 23.2 Å². The molecule has 3 nitrogen and oxygen atoms in total. The Balaban J connectivity index is 1.83. The van der Waals surface area contributed by atoms with Crippen LogP contribution in [0.15, 0.2) is 23.8 Å². The van der Waals surface area contributed by atoms with Crippen molar-refractivity contribution in [3.8, 4) is 0 Å². The number of hydrogen-bond acceptors (Lipinski definition) is 5. The van der Waals surface area contributed by atoms with E-state index in [9.17, 15) is 9.59 Å². The fourth-order valence-corrected chi connectivity index (χ4v) is 10.5. The first kappa shape index (κ1) is 23.4. The van der Waals surface area contributed by atoms with E-state index in [2.05, 4.69) is 20.1 Å². The van der Waals surface area contributed by atoms with E-state index in [0.29, 0.717) is 12.8 Å². The summed E-state index contributed by atoms with van der Waals surface area (Å²) in [5.74, 6) is 0.643. The monoisotopic (exact) mass is 466 g/mol. The normalized spacial score (nSPS) is 46.1. The second-order valence-electron chi connectivity index (χ2n) is 10.2. The molecule has 31 heavy (non-hydrogen) atoms. The van der Waals surface area contributed by atoms with Gasteiger partial charge in [-0.1, -0.05) is 25.5 Å². The molecule has 0 aromatic heterocycles. The molecule has 0 bridgehead atoms. The van der Waals surface area contributed by atoms with Gasteiger partial charge in [-0.25, -0.2) is 4.39 Å². The molecule has 0 heterocycles. The SMILES string of the molecule is CCCS[C@]1(SC)CC[C@H]2[C@@H]3CCC4=CC(=O)C=C[C@]4(C)[C@@]3(F)[C@@H](OC(C)=O)C[C@@]21C. The van der Waals surface area contributed by atoms with Crippen molar-refractivity contribution in [1.82, 2.24) is 0 Å². The minimum Gasteiger partial charge on any atom is -0.459 e. The minimum absolute atomic E-state index is 0.0167. The van der Waals surface area contributed by atoms with Gasteiger partial charge in [0.1, 0.15) is 6.10 Å². The van der Waals surface area contributed by atoms with E-state index in [1.54, 1.807) is 12.2 Å². The molecule has 0 radical (unpaired) electrons. The second kappa shape index (κ2) is 7.93. The Morgan fingerprint density at radius 1 is 1.29 bits per heavy atom. The van der Waals surface area contributed by atoms with E-state index in [4.69, 9.17) is 4.74 Å². The van der Waals surface area contributed by atoms with Crippen LogP contribution < -0.4 is 0 Å². The van der Waals surface area contributed by atoms with Crippen LogP contribution >= 0.6 is 23.5 Å². The van der Waals surface area contributed by atoms with E-state index in [1.807, 2.05) is 30.4 Å². The lowest BCUT2D eigenvalue weighted by molar-refractivity contribution is -0.209. The second-order valence-corrected chi connectivity index (χ2v) is 12.9. The summed E-state index contributed by atoms with van der Waals surface area (Å²) >= 11 is 3.94. The first-order valence-electron chi connectivity index (χ1n) is 11.6. The van der Waals surface area contributed by atoms with Gasteiger partial charge in [0.25, 0.3) is 0 Å². The summed E-state index contributed by atoms with van der Waals surface area (Å²) in [5.41, 5.74) is -1.87. The zero-order valence-corrected chi connectivity index (χ0v) is 21.0. The van der Waals surface area contributed by atoms with Gasteiger partial charge < -0.3 is 4.74 Å². The van der Waals surface area contributed by atoms with Crippen molar-refractivity contribution in [1.29, 1.82) is 0 Å². The molecule has 0 N–H and O–H groups in total. The molecule has 4 aliphatic carbocycles. The van der Waals surface area contributed by atoms with Crippen molar-refractivity contribution in [2.45, 2.75) is 82.1 Å². The lowest BCUT2D eigenvalue weighted by Crippen LogP contribution is -2.68. The van der Waals surface area contributed by atoms with Gasteiger partial charge >= 0.3 is 5.97 Å². The summed E-state index contributed by atoms with van der Waals surface area (Å²) in [6.07, 6.45) is 11.4. The van der Waals surface area contributed by atoms with Gasteiger partial charge in [0, 0.05) is 18.3 Å². The predicted octanol–water partition coefficient (Wildman–Crippen LogP) is 6.13. The summed E-state index contributed by atoms with van der Waals surface area (Å²) in [7, 11) is 0. The first-order chi connectivity index (χ1) is 14.6. The summed E-state index contributed by atoms with van der Waals surface area (Å²) in [5, 5.41) is 0. The van der Waals surface area contributed by atoms with E-state index >= 15 is 4.39 Å². The highest BCUT2D eigenvalue weighted by molar-refractivity contribution is 8.18. The van der Waals surface area contributed by atoms with Crippen LogP contribution in [0.2, 0.25) is 0 Å². The molecule has 0 saturated heterocycles. The van der Waals surface area contributed by atoms with E-state index in [0.717, 1.165) is 37.0 Å². The van der Waals surface area contributed by atoms with Crippen molar-refractivity contribution in [3.05, 3.63) is 23.8 Å². The molecule has 7 atom stereocenters. The molecule has 172 valence electrons. The summed E-state index contributed by atoms with van der Waals surface area (Å²) in [6, 6.07) is 0. The number of thioether (sulfide) groups is 2. The molecule has 0 unspecified atom stereocenters. The summed E-state index contributed by atoms with van der Waals surface area (Å²) < 4.78 is 23.5. The topological polar surface area (TPSA) is 43.4 Å². The van der Waals surface area contributed by atoms with Crippen LogP contribution in [0, 0.1) is 22.7 Å². The zero-order chi connectivity index (χ0) is 22.7. The fourth-order valence-electron chi connectivity index (χ4n) is 7.35. The fraction of sp³-hybridized carbons (Fsp3) is 0.760. The number of esters is 1. The van der Waals surface area contributed by atoms with E-state index in [1.165, 1.54) is 13.0 Å². The number of alkyl halides is 1. The molecule has 4 aliphatic rings. The quantitative estimate of drug-likeness (QED) is 0.360. The largest absolute Gasteiger partial charge is 0.459 e. The summed E-state index contributed by atoms with van der Waals surface area (Å²) in [4.78, 5) is 24.2. The lowest BCUT2D eigenvalue weighted by Gasteiger charge is -2.63. The third-order valence-corrected chi connectivity index (χ3v) is 12.8. The molecule has 3 saturated carbocycles. The highest BCUT2D eigenvalue weighted by Crippen LogP contribution is 2.74. The number of ether oxygens (including phenoxy) is 1. The van der Waals surface area contributed by atoms with Crippen molar-refractivity contribution in [2.75, 3.05) is 12.0 Å². The average Bonchev–Trinajstić information content (AvgIpc) is 3.00. The smallest absolute Gasteiger partial charge is 0.303 e. The number of halogens is 1. The Labute approximate surface area is 194 Å². The van der Waals surface area contributed by atoms with Gasteiger partial charge in [-0.2, -0.15) is 0 Å². The van der Waals surface area contributed by atoms with Crippen LogP contribution in [-0.4, -0.2) is 39.6 Å². The third-order valence-electron chi connectivity index (χ3n) is 8.84. The van der Waals surface area contributed by atoms with Gasteiger partial charge in [0.15, 0.2) is 11.5 Å². The third kappa shape index (κ3) is 3.13. The van der Waals surface area contributed by atoms with Crippen molar-refractivity contribution >= 4 is 35.3 Å². The highest BCUT2D eigenvalue weighted by Gasteiger charge is 2.74. The van der Waals surface area contributed by atoms with Crippen LogP contribution in [0.5, 0.6) is 0 Å². The van der Waals surface area contributed by atoms with Crippen LogP contribution in [0.3, 0.4) is 0 Å². The van der Waals surface area contributed by atoms with Crippen molar-refractivity contribution < 1.29 is 18.7 Å². The van der Waals surface area contributed by atoms with Gasteiger partial charge in [0.05, 0.1) is 4.08 Å². The molecule has 0 spiro atoms. The maximum Gasteiger partial charge on any atom is 0.303 e. The van der Waals surface area contributed by atoms with Gasteiger partial charge in [0.2, 0.25) is 0 Å². The molecule has 0 aliphatic heterocycles. The molecular weight excluding hydrogens is 431 g/mol. The molecule has 6 heteroatoms. The van der Waals surface area contributed by atoms with Crippen molar-refractivity contribution in [2.24, 2.45) is 22.7 Å². The number of allylic oxidation sites excluding steroid dienone is 4. The maximum absolute atomic E-state index is 17.6. The lowest BCUT2D eigenvalue weighted by atomic mass is 9.46. The minimum atomic E-state index is -1.70.